The topological polar surface area (TPSA) is 86.8 Å². The number of aromatic nitrogens is 3. The van der Waals surface area contributed by atoms with E-state index in [1.807, 2.05) is 6.07 Å². The molecule has 0 aromatic carbocycles. The van der Waals surface area contributed by atoms with Gasteiger partial charge in [0.25, 0.3) is 0 Å². The summed E-state index contributed by atoms with van der Waals surface area (Å²) in [6.07, 6.45) is 5.44. The van der Waals surface area contributed by atoms with Crippen LogP contribution < -0.4 is 5.32 Å². The van der Waals surface area contributed by atoms with Crippen molar-refractivity contribution in [2.75, 3.05) is 13.1 Å². The van der Waals surface area contributed by atoms with Crippen molar-refractivity contribution in [2.24, 2.45) is 5.92 Å². The normalized spacial score (nSPS) is 30.5. The lowest BCUT2D eigenvalue weighted by Crippen LogP contribution is -2.43. The van der Waals surface area contributed by atoms with Gasteiger partial charge in [0, 0.05) is 12.5 Å². The summed E-state index contributed by atoms with van der Waals surface area (Å²) in [6, 6.07) is 1.66. The van der Waals surface area contributed by atoms with E-state index in [-0.39, 0.29) is 31.5 Å². The SMILES string of the molecule is N#C[C@@H]1C[C@H](F)CN1C(=O)CN[C@H]1CC[C@@H](Cn2nccn2)C1. The first-order valence-corrected chi connectivity index (χ1v) is 8.06. The Labute approximate surface area is 134 Å². The summed E-state index contributed by atoms with van der Waals surface area (Å²) in [6.45, 7) is 1.00. The van der Waals surface area contributed by atoms with E-state index < -0.39 is 12.2 Å². The highest BCUT2D eigenvalue weighted by molar-refractivity contribution is 5.79. The van der Waals surface area contributed by atoms with Gasteiger partial charge in [-0.2, -0.15) is 20.3 Å². The Bertz CT molecular complexity index is 571. The molecule has 1 aromatic rings. The molecule has 0 radical (unpaired) electrons. The fourth-order valence-electron chi connectivity index (χ4n) is 3.51. The van der Waals surface area contributed by atoms with E-state index in [1.165, 1.54) is 4.90 Å². The molecule has 4 atom stereocenters. The predicted octanol–water partition coefficient (Wildman–Crippen LogP) is 0.499. The number of rotatable bonds is 5. The summed E-state index contributed by atoms with van der Waals surface area (Å²) < 4.78 is 13.4. The van der Waals surface area contributed by atoms with Gasteiger partial charge in [0.1, 0.15) is 12.2 Å². The average molecular weight is 320 g/mol. The Morgan fingerprint density at radius 1 is 1.35 bits per heavy atom. The molecular formula is C15H21FN6O. The van der Waals surface area contributed by atoms with Gasteiger partial charge in [-0.05, 0) is 25.2 Å². The second kappa shape index (κ2) is 7.04. The highest BCUT2D eigenvalue weighted by Crippen LogP contribution is 2.26. The third-order valence-electron chi connectivity index (χ3n) is 4.69. The molecule has 23 heavy (non-hydrogen) atoms. The number of amides is 1. The smallest absolute Gasteiger partial charge is 0.237 e. The van der Waals surface area contributed by atoms with Crippen molar-refractivity contribution in [3.05, 3.63) is 12.4 Å². The van der Waals surface area contributed by atoms with Crippen molar-refractivity contribution in [1.82, 2.24) is 25.2 Å². The maximum absolute atomic E-state index is 13.4. The molecule has 2 fully saturated rings. The minimum Gasteiger partial charge on any atom is -0.323 e. The van der Waals surface area contributed by atoms with Crippen LogP contribution in [-0.2, 0) is 11.3 Å². The van der Waals surface area contributed by atoms with Gasteiger partial charge in [0.15, 0.2) is 0 Å². The molecule has 1 saturated heterocycles. The third kappa shape index (κ3) is 3.85. The summed E-state index contributed by atoms with van der Waals surface area (Å²) in [4.78, 5) is 15.2. The van der Waals surface area contributed by atoms with Gasteiger partial charge < -0.3 is 10.2 Å². The quantitative estimate of drug-likeness (QED) is 0.853. The molecule has 2 aliphatic rings. The molecule has 2 heterocycles. The number of nitrogens with zero attached hydrogens (tertiary/aromatic N) is 5. The minimum atomic E-state index is -1.08. The summed E-state index contributed by atoms with van der Waals surface area (Å²) >= 11 is 0. The van der Waals surface area contributed by atoms with Crippen molar-refractivity contribution in [1.29, 1.82) is 5.26 Å². The third-order valence-corrected chi connectivity index (χ3v) is 4.69. The van der Waals surface area contributed by atoms with Gasteiger partial charge in [-0.3, -0.25) is 4.79 Å². The standard InChI is InChI=1S/C15H21FN6O/c16-12-6-14(7-17)21(10-12)15(23)8-18-13-2-1-11(5-13)9-22-19-3-4-20-22/h3-4,11-14,18H,1-2,5-6,8-10H2/t11-,12+,13+,14+/m1/s1. The van der Waals surface area contributed by atoms with Crippen LogP contribution in [-0.4, -0.2) is 57.1 Å². The predicted molar refractivity (Wildman–Crippen MR) is 79.8 cm³/mol. The number of hydrogen-bond acceptors (Lipinski definition) is 5. The number of likely N-dealkylation sites (tertiary alicyclic amines) is 1. The van der Waals surface area contributed by atoms with E-state index in [1.54, 1.807) is 17.2 Å². The first kappa shape index (κ1) is 15.9. The van der Waals surface area contributed by atoms with Crippen molar-refractivity contribution in [2.45, 2.75) is 50.5 Å². The number of carbonyl (C=O) groups is 1. The molecule has 1 amide bonds. The second-order valence-electron chi connectivity index (χ2n) is 6.36. The van der Waals surface area contributed by atoms with Crippen molar-refractivity contribution < 1.29 is 9.18 Å². The van der Waals surface area contributed by atoms with Crippen LogP contribution in [0.2, 0.25) is 0 Å². The maximum Gasteiger partial charge on any atom is 0.237 e. The number of nitriles is 1. The van der Waals surface area contributed by atoms with Crippen LogP contribution in [0.3, 0.4) is 0 Å². The lowest BCUT2D eigenvalue weighted by Gasteiger charge is -2.21. The molecular weight excluding hydrogens is 299 g/mol. The first-order chi connectivity index (χ1) is 11.2. The zero-order valence-electron chi connectivity index (χ0n) is 12.9. The molecule has 124 valence electrons. The molecule has 0 bridgehead atoms. The molecule has 3 rings (SSSR count). The molecule has 7 nitrogen and oxygen atoms in total. The van der Waals surface area contributed by atoms with Crippen LogP contribution in [0.1, 0.15) is 25.7 Å². The van der Waals surface area contributed by atoms with E-state index in [9.17, 15) is 9.18 Å². The van der Waals surface area contributed by atoms with Crippen LogP contribution in [0.25, 0.3) is 0 Å². The molecule has 0 spiro atoms. The summed E-state index contributed by atoms with van der Waals surface area (Å²) in [7, 11) is 0. The van der Waals surface area contributed by atoms with E-state index in [2.05, 4.69) is 15.5 Å². The van der Waals surface area contributed by atoms with Gasteiger partial charge in [-0.15, -0.1) is 0 Å². The highest BCUT2D eigenvalue weighted by Gasteiger charge is 2.35. The fraction of sp³-hybridized carbons (Fsp3) is 0.733. The molecule has 1 aromatic heterocycles. The Hall–Kier alpha value is -2.01. The van der Waals surface area contributed by atoms with Gasteiger partial charge in [0.2, 0.25) is 5.91 Å². The van der Waals surface area contributed by atoms with Gasteiger partial charge in [-0.1, -0.05) is 0 Å². The number of alkyl halides is 1. The Morgan fingerprint density at radius 2 is 2.13 bits per heavy atom. The van der Waals surface area contributed by atoms with E-state index in [0.717, 1.165) is 25.8 Å². The second-order valence-corrected chi connectivity index (χ2v) is 6.36. The summed E-state index contributed by atoms with van der Waals surface area (Å²) in [5.41, 5.74) is 0. The van der Waals surface area contributed by atoms with Crippen LogP contribution in [0.15, 0.2) is 12.4 Å². The van der Waals surface area contributed by atoms with E-state index in [0.29, 0.717) is 5.92 Å². The Balaban J connectivity index is 1.42. The highest BCUT2D eigenvalue weighted by atomic mass is 19.1. The van der Waals surface area contributed by atoms with Crippen LogP contribution in [0, 0.1) is 17.2 Å². The molecule has 8 heteroatoms. The lowest BCUT2D eigenvalue weighted by molar-refractivity contribution is -0.130. The Morgan fingerprint density at radius 3 is 2.87 bits per heavy atom. The fourth-order valence-corrected chi connectivity index (χ4v) is 3.51. The molecule has 1 aliphatic heterocycles. The summed E-state index contributed by atoms with van der Waals surface area (Å²) in [5.74, 6) is 0.317. The summed E-state index contributed by atoms with van der Waals surface area (Å²) in [5, 5.41) is 20.5. The lowest BCUT2D eigenvalue weighted by atomic mass is 10.1. The van der Waals surface area contributed by atoms with Crippen LogP contribution >= 0.6 is 0 Å². The zero-order valence-corrected chi connectivity index (χ0v) is 12.9. The Kier molecular flexibility index (Phi) is 4.86. The van der Waals surface area contributed by atoms with Gasteiger partial charge >= 0.3 is 0 Å². The number of nitrogens with one attached hydrogen (secondary N) is 1. The maximum atomic E-state index is 13.4. The van der Waals surface area contributed by atoms with Crippen LogP contribution in [0.5, 0.6) is 0 Å². The van der Waals surface area contributed by atoms with Crippen molar-refractivity contribution in [3.63, 3.8) is 0 Å². The average Bonchev–Trinajstić information content (AvgIpc) is 3.26. The van der Waals surface area contributed by atoms with Crippen molar-refractivity contribution in [3.8, 4) is 6.07 Å². The molecule has 0 unspecified atom stereocenters. The monoisotopic (exact) mass is 320 g/mol. The number of halogens is 1. The van der Waals surface area contributed by atoms with E-state index >= 15 is 0 Å². The minimum absolute atomic E-state index is 0.0387. The number of hydrogen-bond donors (Lipinski definition) is 1. The van der Waals surface area contributed by atoms with Crippen LogP contribution in [0.4, 0.5) is 4.39 Å². The van der Waals surface area contributed by atoms with Crippen molar-refractivity contribution >= 4 is 5.91 Å². The molecule has 1 saturated carbocycles. The molecule has 1 aliphatic carbocycles. The first-order valence-electron chi connectivity index (χ1n) is 8.06. The number of carbonyl (C=O) groups excluding carboxylic acids is 1. The molecule has 1 N–H and O–H groups in total. The van der Waals surface area contributed by atoms with Gasteiger partial charge in [-0.25, -0.2) is 4.39 Å². The van der Waals surface area contributed by atoms with Gasteiger partial charge in [0.05, 0.1) is 38.1 Å². The zero-order chi connectivity index (χ0) is 16.2. The van der Waals surface area contributed by atoms with E-state index in [4.69, 9.17) is 5.26 Å². The largest absolute Gasteiger partial charge is 0.323 e.